The van der Waals surface area contributed by atoms with Gasteiger partial charge in [-0.3, -0.25) is 14.8 Å². The Morgan fingerprint density at radius 2 is 2.12 bits per heavy atom. The van der Waals surface area contributed by atoms with Gasteiger partial charge in [-0.2, -0.15) is 5.10 Å². The number of H-pyrrole nitrogens is 1. The Kier molecular flexibility index (Phi) is 5.61. The molecule has 0 aliphatic carbocycles. The molecule has 1 N–H and O–H groups in total. The molecule has 2 aromatic rings. The number of para-hydroxylation sites is 1. The maximum Gasteiger partial charge on any atom is 0.271 e. The Labute approximate surface area is 155 Å². The number of hydrogen-bond acceptors (Lipinski definition) is 4. The molecule has 6 heteroatoms. The van der Waals surface area contributed by atoms with Crippen LogP contribution in [0.15, 0.2) is 30.3 Å². The van der Waals surface area contributed by atoms with Gasteiger partial charge in [0.05, 0.1) is 12.8 Å². The molecule has 6 nitrogen and oxygen atoms in total. The molecule has 26 heavy (non-hydrogen) atoms. The maximum absolute atomic E-state index is 12.9. The maximum atomic E-state index is 12.9. The molecule has 0 bridgehead atoms. The van der Waals surface area contributed by atoms with Gasteiger partial charge in [0.2, 0.25) is 0 Å². The van der Waals surface area contributed by atoms with E-state index in [0.717, 1.165) is 43.1 Å². The van der Waals surface area contributed by atoms with Crippen molar-refractivity contribution < 1.29 is 9.53 Å². The number of methoxy groups -OCH3 is 1. The van der Waals surface area contributed by atoms with Gasteiger partial charge >= 0.3 is 0 Å². The van der Waals surface area contributed by atoms with E-state index in [-0.39, 0.29) is 5.91 Å². The van der Waals surface area contributed by atoms with Crippen molar-refractivity contribution in [2.24, 2.45) is 0 Å². The largest absolute Gasteiger partial charge is 0.496 e. The normalized spacial score (nSPS) is 18.3. The van der Waals surface area contributed by atoms with Crippen LogP contribution in [0.5, 0.6) is 5.75 Å². The quantitative estimate of drug-likeness (QED) is 0.894. The van der Waals surface area contributed by atoms with E-state index in [9.17, 15) is 4.79 Å². The summed E-state index contributed by atoms with van der Waals surface area (Å²) in [7, 11) is 1.64. The van der Waals surface area contributed by atoms with E-state index in [0.29, 0.717) is 17.8 Å². The summed E-state index contributed by atoms with van der Waals surface area (Å²) in [6, 6.07) is 10.4. The number of carbonyl (C=O) groups is 1. The zero-order chi connectivity index (χ0) is 18.7. The van der Waals surface area contributed by atoms with Crippen LogP contribution in [-0.2, 0) is 0 Å². The molecule has 3 rings (SSSR count). The van der Waals surface area contributed by atoms with Crippen molar-refractivity contribution in [2.75, 3.05) is 26.7 Å². The summed E-state index contributed by atoms with van der Waals surface area (Å²) >= 11 is 0. The molecule has 1 fully saturated rings. The van der Waals surface area contributed by atoms with Gasteiger partial charge in [-0.25, -0.2) is 0 Å². The number of ether oxygens (including phenoxy) is 1. The molecule has 2 heterocycles. The van der Waals surface area contributed by atoms with Crippen molar-refractivity contribution in [2.45, 2.75) is 39.3 Å². The molecule has 1 aromatic carbocycles. The van der Waals surface area contributed by atoms with Crippen LogP contribution in [-0.4, -0.2) is 64.7 Å². The standard InChI is InChI=1S/C20H28N4O2/c1-5-15-13-23(10-11-24(15)14(2)3)20(25)18-12-17(21-22-18)16-8-6-7-9-19(16)26-4/h6-9,12,14-15H,5,10-11,13H2,1-4H3,(H,21,22)/t15-/m0/s1. The highest BCUT2D eigenvalue weighted by molar-refractivity contribution is 5.93. The summed E-state index contributed by atoms with van der Waals surface area (Å²) in [5, 5.41) is 7.24. The van der Waals surface area contributed by atoms with Gasteiger partial charge in [0.15, 0.2) is 0 Å². The molecule has 0 saturated carbocycles. The lowest BCUT2D eigenvalue weighted by molar-refractivity contribution is 0.0367. The molecule has 1 amide bonds. The van der Waals surface area contributed by atoms with Gasteiger partial charge in [-0.05, 0) is 38.5 Å². The summed E-state index contributed by atoms with van der Waals surface area (Å²) in [5.74, 6) is 0.759. The Morgan fingerprint density at radius 3 is 2.81 bits per heavy atom. The molecular weight excluding hydrogens is 328 g/mol. The number of aromatic amines is 1. The first kappa shape index (κ1) is 18.5. The summed E-state index contributed by atoms with van der Waals surface area (Å²) in [5.41, 5.74) is 2.12. The first-order valence-electron chi connectivity index (χ1n) is 9.29. The van der Waals surface area contributed by atoms with Crippen LogP contribution in [0.3, 0.4) is 0 Å². The number of benzene rings is 1. The Balaban J connectivity index is 1.76. The van der Waals surface area contributed by atoms with Crippen LogP contribution in [0.1, 0.15) is 37.7 Å². The second kappa shape index (κ2) is 7.91. The summed E-state index contributed by atoms with van der Waals surface area (Å²) in [6.07, 6.45) is 1.04. The fourth-order valence-corrected chi connectivity index (χ4v) is 3.69. The lowest BCUT2D eigenvalue weighted by Crippen LogP contribution is -2.56. The van der Waals surface area contributed by atoms with E-state index < -0.39 is 0 Å². The molecule has 140 valence electrons. The molecule has 0 radical (unpaired) electrons. The SMILES string of the molecule is CC[C@H]1CN(C(=O)c2cc(-c3ccccc3OC)n[nH]2)CCN1C(C)C. The first-order chi connectivity index (χ1) is 12.5. The number of rotatable bonds is 5. The fourth-order valence-electron chi connectivity index (χ4n) is 3.69. The molecular formula is C20H28N4O2. The Bertz CT molecular complexity index is 756. The van der Waals surface area contributed by atoms with E-state index in [1.807, 2.05) is 35.2 Å². The smallest absolute Gasteiger partial charge is 0.271 e. The lowest BCUT2D eigenvalue weighted by Gasteiger charge is -2.43. The minimum absolute atomic E-state index is 0.0144. The molecule has 0 spiro atoms. The molecule has 1 aromatic heterocycles. The number of piperazine rings is 1. The van der Waals surface area contributed by atoms with E-state index in [2.05, 4.69) is 35.9 Å². The molecule has 1 saturated heterocycles. The first-order valence-corrected chi connectivity index (χ1v) is 9.29. The van der Waals surface area contributed by atoms with Crippen LogP contribution in [0.4, 0.5) is 0 Å². The summed E-state index contributed by atoms with van der Waals surface area (Å²) < 4.78 is 5.39. The highest BCUT2D eigenvalue weighted by Gasteiger charge is 2.31. The average Bonchev–Trinajstić information content (AvgIpc) is 3.16. The van der Waals surface area contributed by atoms with E-state index in [1.54, 1.807) is 7.11 Å². The van der Waals surface area contributed by atoms with Crippen molar-refractivity contribution >= 4 is 5.91 Å². The summed E-state index contributed by atoms with van der Waals surface area (Å²) in [6.45, 7) is 9.04. The number of nitrogens with zero attached hydrogens (tertiary/aromatic N) is 3. The highest BCUT2D eigenvalue weighted by atomic mass is 16.5. The highest BCUT2D eigenvalue weighted by Crippen LogP contribution is 2.28. The molecule has 0 unspecified atom stereocenters. The second-order valence-electron chi connectivity index (χ2n) is 7.01. The van der Waals surface area contributed by atoms with E-state index >= 15 is 0 Å². The number of hydrogen-bond donors (Lipinski definition) is 1. The Hall–Kier alpha value is -2.34. The van der Waals surface area contributed by atoms with Crippen molar-refractivity contribution in [1.29, 1.82) is 0 Å². The summed E-state index contributed by atoms with van der Waals surface area (Å²) in [4.78, 5) is 17.4. The molecule has 1 aliphatic rings. The number of amides is 1. The van der Waals surface area contributed by atoms with Crippen molar-refractivity contribution in [1.82, 2.24) is 20.0 Å². The zero-order valence-corrected chi connectivity index (χ0v) is 16.0. The number of aromatic nitrogens is 2. The average molecular weight is 356 g/mol. The van der Waals surface area contributed by atoms with Gasteiger partial charge in [0.25, 0.3) is 5.91 Å². The predicted octanol–water partition coefficient (Wildman–Crippen LogP) is 3.03. The zero-order valence-electron chi connectivity index (χ0n) is 16.0. The topological polar surface area (TPSA) is 61.5 Å². The van der Waals surface area contributed by atoms with Crippen molar-refractivity contribution in [3.63, 3.8) is 0 Å². The van der Waals surface area contributed by atoms with E-state index in [4.69, 9.17) is 4.74 Å². The van der Waals surface area contributed by atoms with Gasteiger partial charge in [-0.15, -0.1) is 0 Å². The minimum atomic E-state index is 0.0144. The molecule has 1 aliphatic heterocycles. The molecule has 1 atom stereocenters. The van der Waals surface area contributed by atoms with E-state index in [1.165, 1.54) is 0 Å². The number of carbonyl (C=O) groups excluding carboxylic acids is 1. The third-order valence-electron chi connectivity index (χ3n) is 5.14. The van der Waals surface area contributed by atoms with Gasteiger partial charge in [0.1, 0.15) is 11.4 Å². The van der Waals surface area contributed by atoms with Gasteiger partial charge in [-0.1, -0.05) is 19.1 Å². The third-order valence-corrected chi connectivity index (χ3v) is 5.14. The minimum Gasteiger partial charge on any atom is -0.496 e. The van der Waals surface area contributed by atoms with Crippen LogP contribution in [0, 0.1) is 0 Å². The van der Waals surface area contributed by atoms with Crippen molar-refractivity contribution in [3.8, 4) is 17.0 Å². The van der Waals surface area contributed by atoms with Gasteiger partial charge < -0.3 is 9.64 Å². The second-order valence-corrected chi connectivity index (χ2v) is 7.01. The van der Waals surface area contributed by atoms with Crippen LogP contribution in [0.25, 0.3) is 11.3 Å². The van der Waals surface area contributed by atoms with Crippen LogP contribution >= 0.6 is 0 Å². The van der Waals surface area contributed by atoms with Crippen molar-refractivity contribution in [3.05, 3.63) is 36.0 Å². The Morgan fingerprint density at radius 1 is 1.35 bits per heavy atom. The predicted molar refractivity (Wildman–Crippen MR) is 102 cm³/mol. The third kappa shape index (κ3) is 3.60. The number of nitrogens with one attached hydrogen (secondary N) is 1. The lowest BCUT2D eigenvalue weighted by atomic mass is 10.1. The monoisotopic (exact) mass is 356 g/mol. The van der Waals surface area contributed by atoms with Crippen LogP contribution in [0.2, 0.25) is 0 Å². The van der Waals surface area contributed by atoms with Crippen LogP contribution < -0.4 is 4.74 Å². The van der Waals surface area contributed by atoms with Gasteiger partial charge in [0, 0.05) is 37.3 Å². The fraction of sp³-hybridized carbons (Fsp3) is 0.500.